The van der Waals surface area contributed by atoms with Crippen LogP contribution in [0.25, 0.3) is 11.0 Å². The Kier molecular flexibility index (Phi) is 6.82. The first-order valence-corrected chi connectivity index (χ1v) is 9.94. The van der Waals surface area contributed by atoms with Gasteiger partial charge in [0, 0.05) is 19.6 Å². The Morgan fingerprint density at radius 3 is 2.96 bits per heavy atom. The molecule has 1 aromatic carbocycles. The molecule has 1 amide bonds. The van der Waals surface area contributed by atoms with Crippen molar-refractivity contribution in [2.75, 3.05) is 19.7 Å². The van der Waals surface area contributed by atoms with Crippen LogP contribution in [0.2, 0.25) is 0 Å². The van der Waals surface area contributed by atoms with Gasteiger partial charge in [0.2, 0.25) is 5.91 Å². The molecule has 3 N–H and O–H groups in total. The van der Waals surface area contributed by atoms with Crippen molar-refractivity contribution in [2.45, 2.75) is 51.6 Å². The van der Waals surface area contributed by atoms with Gasteiger partial charge in [0.25, 0.3) is 0 Å². The lowest BCUT2D eigenvalue weighted by Crippen LogP contribution is -2.40. The summed E-state index contributed by atoms with van der Waals surface area (Å²) in [6, 6.07) is 7.80. The summed E-state index contributed by atoms with van der Waals surface area (Å²) in [5.41, 5.74) is 4.06. The smallest absolute Gasteiger partial charge is 0.227 e. The van der Waals surface area contributed by atoms with Crippen LogP contribution in [0.3, 0.4) is 0 Å². The molecule has 0 spiro atoms. The van der Waals surface area contributed by atoms with Crippen molar-refractivity contribution >= 4 is 16.9 Å². The molecule has 7 heteroatoms. The molecule has 0 aliphatic carbocycles. The minimum Gasteiger partial charge on any atom is -0.395 e. The largest absolute Gasteiger partial charge is 0.395 e. The van der Waals surface area contributed by atoms with E-state index in [1.807, 2.05) is 33.7 Å². The molecule has 2 atom stereocenters. The van der Waals surface area contributed by atoms with Crippen molar-refractivity contribution in [3.63, 3.8) is 0 Å². The Bertz CT molecular complexity index is 761. The van der Waals surface area contributed by atoms with E-state index in [1.165, 1.54) is 0 Å². The Balaban J connectivity index is 1.90. The van der Waals surface area contributed by atoms with Crippen LogP contribution in [0.15, 0.2) is 24.3 Å². The van der Waals surface area contributed by atoms with E-state index in [-0.39, 0.29) is 31.0 Å². The zero-order valence-electron chi connectivity index (χ0n) is 16.0. The van der Waals surface area contributed by atoms with Gasteiger partial charge in [-0.05, 0) is 31.4 Å². The lowest BCUT2D eigenvalue weighted by Gasteiger charge is -2.29. The highest BCUT2D eigenvalue weighted by Crippen LogP contribution is 2.35. The van der Waals surface area contributed by atoms with E-state index in [4.69, 9.17) is 10.2 Å². The van der Waals surface area contributed by atoms with E-state index in [2.05, 4.69) is 12.4 Å². The van der Waals surface area contributed by atoms with Gasteiger partial charge in [0.05, 0.1) is 29.6 Å². The normalized spacial score (nSPS) is 18.3. The molecular formula is C20H30N4O3. The second kappa shape index (κ2) is 9.30. The van der Waals surface area contributed by atoms with E-state index in [0.29, 0.717) is 13.1 Å². The number of carbonyl (C=O) groups is 1. The number of nitrogens with zero attached hydrogens (tertiary/aromatic N) is 3. The molecule has 3 rings (SSSR count). The van der Waals surface area contributed by atoms with Crippen molar-refractivity contribution in [1.29, 1.82) is 0 Å². The van der Waals surface area contributed by atoms with Crippen LogP contribution in [0.1, 0.15) is 50.9 Å². The number of imidazole rings is 1. The van der Waals surface area contributed by atoms with Crippen molar-refractivity contribution < 1.29 is 15.1 Å². The standard InChI is InChI=1S/C20H30N4O3/c1-2-3-7-15(14-21-27)20(26)24-11-6-10-18(24)19-22-16-8-4-5-9-17(16)23(19)12-13-25/h4-5,8-9,15,18,21,25,27H,2-3,6-7,10-14H2,1H3/t15-,18+/m1/s1. The van der Waals surface area contributed by atoms with Gasteiger partial charge in [-0.2, -0.15) is 0 Å². The first-order valence-electron chi connectivity index (χ1n) is 9.94. The number of likely N-dealkylation sites (tertiary alicyclic amines) is 1. The summed E-state index contributed by atoms with van der Waals surface area (Å²) in [4.78, 5) is 19.9. The first-order chi connectivity index (χ1) is 13.2. The zero-order valence-corrected chi connectivity index (χ0v) is 16.0. The zero-order chi connectivity index (χ0) is 19.2. The number of hydrogen-bond acceptors (Lipinski definition) is 5. The molecule has 1 aliphatic rings. The summed E-state index contributed by atoms with van der Waals surface area (Å²) in [7, 11) is 0. The van der Waals surface area contributed by atoms with Crippen molar-refractivity contribution in [3.05, 3.63) is 30.1 Å². The van der Waals surface area contributed by atoms with Crippen molar-refractivity contribution in [3.8, 4) is 0 Å². The van der Waals surface area contributed by atoms with E-state index in [9.17, 15) is 9.90 Å². The second-order valence-corrected chi connectivity index (χ2v) is 7.23. The Morgan fingerprint density at radius 1 is 1.41 bits per heavy atom. The molecule has 1 fully saturated rings. The third-order valence-corrected chi connectivity index (χ3v) is 5.43. The lowest BCUT2D eigenvalue weighted by atomic mass is 10.00. The van der Waals surface area contributed by atoms with E-state index in [1.54, 1.807) is 0 Å². The van der Waals surface area contributed by atoms with Gasteiger partial charge in [-0.3, -0.25) is 4.79 Å². The molecule has 2 heterocycles. The molecule has 27 heavy (non-hydrogen) atoms. The van der Waals surface area contributed by atoms with Gasteiger partial charge < -0.3 is 19.8 Å². The van der Waals surface area contributed by atoms with Gasteiger partial charge in [0.1, 0.15) is 5.82 Å². The Morgan fingerprint density at radius 2 is 2.22 bits per heavy atom. The van der Waals surface area contributed by atoms with Gasteiger partial charge in [-0.15, -0.1) is 0 Å². The summed E-state index contributed by atoms with van der Waals surface area (Å²) in [5, 5.41) is 18.7. The predicted molar refractivity (Wildman–Crippen MR) is 103 cm³/mol. The average molecular weight is 374 g/mol. The number of benzene rings is 1. The number of amides is 1. The third-order valence-electron chi connectivity index (χ3n) is 5.43. The predicted octanol–water partition coefficient (Wildman–Crippen LogP) is 2.48. The molecule has 0 saturated carbocycles. The molecule has 1 aromatic heterocycles. The topological polar surface area (TPSA) is 90.6 Å². The minimum absolute atomic E-state index is 0.0293. The SMILES string of the molecule is CCCC[C@H](CNO)C(=O)N1CCC[C@H]1c1nc2ccccc2n1CCO. The van der Waals surface area contributed by atoms with Gasteiger partial charge in [-0.1, -0.05) is 31.9 Å². The summed E-state index contributed by atoms with van der Waals surface area (Å²) in [5.74, 6) is 0.698. The monoisotopic (exact) mass is 374 g/mol. The van der Waals surface area contributed by atoms with Crippen LogP contribution in [0.4, 0.5) is 0 Å². The summed E-state index contributed by atoms with van der Waals surface area (Å²) in [6.07, 6.45) is 4.54. The number of fused-ring (bicyclic) bond motifs is 1. The number of unbranched alkanes of at least 4 members (excludes halogenated alkanes) is 1. The van der Waals surface area contributed by atoms with Crippen LogP contribution < -0.4 is 5.48 Å². The highest BCUT2D eigenvalue weighted by Gasteiger charge is 2.36. The number of rotatable bonds is 9. The second-order valence-electron chi connectivity index (χ2n) is 7.23. The van der Waals surface area contributed by atoms with E-state index in [0.717, 1.165) is 49.0 Å². The number of aromatic nitrogens is 2. The Hall–Kier alpha value is -1.96. The number of hydrogen-bond donors (Lipinski definition) is 3. The maximum atomic E-state index is 13.2. The van der Waals surface area contributed by atoms with Crippen molar-refractivity contribution in [2.24, 2.45) is 5.92 Å². The molecule has 0 unspecified atom stereocenters. The summed E-state index contributed by atoms with van der Waals surface area (Å²) < 4.78 is 2.04. The van der Waals surface area contributed by atoms with Crippen LogP contribution in [-0.2, 0) is 11.3 Å². The molecule has 1 saturated heterocycles. The number of aliphatic hydroxyl groups is 1. The molecule has 1 aliphatic heterocycles. The molecule has 2 aromatic rings. The number of hydroxylamine groups is 1. The fourth-order valence-electron chi connectivity index (χ4n) is 4.09. The fourth-order valence-corrected chi connectivity index (χ4v) is 4.09. The highest BCUT2D eigenvalue weighted by atomic mass is 16.5. The van der Waals surface area contributed by atoms with Crippen LogP contribution in [-0.4, -0.2) is 50.4 Å². The van der Waals surface area contributed by atoms with E-state index >= 15 is 0 Å². The molecule has 0 bridgehead atoms. The molecular weight excluding hydrogens is 344 g/mol. The van der Waals surface area contributed by atoms with Crippen LogP contribution in [0, 0.1) is 5.92 Å². The number of aliphatic hydroxyl groups excluding tert-OH is 1. The van der Waals surface area contributed by atoms with Crippen molar-refractivity contribution in [1.82, 2.24) is 19.9 Å². The minimum atomic E-state index is -0.230. The average Bonchev–Trinajstić information content (AvgIpc) is 3.30. The maximum Gasteiger partial charge on any atom is 0.227 e. The van der Waals surface area contributed by atoms with Gasteiger partial charge >= 0.3 is 0 Å². The molecule has 148 valence electrons. The van der Waals surface area contributed by atoms with Crippen LogP contribution in [0.5, 0.6) is 0 Å². The fraction of sp³-hybridized carbons (Fsp3) is 0.600. The number of carbonyl (C=O) groups excluding carboxylic acids is 1. The Labute approximate surface area is 160 Å². The summed E-state index contributed by atoms with van der Waals surface area (Å²) >= 11 is 0. The number of nitrogens with one attached hydrogen (secondary N) is 1. The lowest BCUT2D eigenvalue weighted by molar-refractivity contribution is -0.137. The third kappa shape index (κ3) is 4.15. The molecule has 7 nitrogen and oxygen atoms in total. The summed E-state index contributed by atoms with van der Waals surface area (Å²) in [6.45, 7) is 3.58. The first kappa shape index (κ1) is 19.8. The van der Waals surface area contributed by atoms with E-state index < -0.39 is 0 Å². The highest BCUT2D eigenvalue weighted by molar-refractivity contribution is 5.80. The van der Waals surface area contributed by atoms with Crippen LogP contribution >= 0.6 is 0 Å². The number of para-hydroxylation sites is 2. The van der Waals surface area contributed by atoms with Gasteiger partial charge in [-0.25, -0.2) is 10.5 Å². The quantitative estimate of drug-likeness (QED) is 0.587. The molecule has 0 radical (unpaired) electrons. The maximum absolute atomic E-state index is 13.2. The van der Waals surface area contributed by atoms with Gasteiger partial charge in [0.15, 0.2) is 0 Å².